The minimum Gasteiger partial charge on any atom is -0.444 e. The second kappa shape index (κ2) is 5.89. The lowest BCUT2D eigenvalue weighted by atomic mass is 9.91. The van der Waals surface area contributed by atoms with Crippen molar-refractivity contribution in [3.8, 4) is 0 Å². The Balaban J connectivity index is 2.54. The monoisotopic (exact) mass is 258 g/mol. The smallest absolute Gasteiger partial charge is 0.408 e. The van der Waals surface area contributed by atoms with Crippen molar-refractivity contribution in [3.63, 3.8) is 0 Å². The average molecular weight is 258 g/mol. The van der Waals surface area contributed by atoms with E-state index in [1.54, 1.807) is 0 Å². The van der Waals surface area contributed by atoms with Gasteiger partial charge in [0, 0.05) is 12.6 Å². The van der Waals surface area contributed by atoms with Crippen LogP contribution in [0.2, 0.25) is 0 Å². The maximum absolute atomic E-state index is 11.8. The Labute approximate surface area is 109 Å². The van der Waals surface area contributed by atoms with E-state index in [9.17, 15) is 4.79 Å². The molecule has 1 fully saturated rings. The van der Waals surface area contributed by atoms with E-state index >= 15 is 0 Å². The summed E-state index contributed by atoms with van der Waals surface area (Å²) in [5.74, 6) is 0. The predicted molar refractivity (Wildman–Crippen MR) is 70.4 cm³/mol. The highest BCUT2D eigenvalue weighted by molar-refractivity contribution is 5.68. The predicted octanol–water partition coefficient (Wildman–Crippen LogP) is 1.80. The summed E-state index contributed by atoms with van der Waals surface area (Å²) in [6.07, 6.45) is 2.12. The molecule has 0 aliphatic carbocycles. The van der Waals surface area contributed by atoms with Crippen molar-refractivity contribution in [1.82, 2.24) is 5.32 Å². The molecule has 0 saturated carbocycles. The molecule has 5 nitrogen and oxygen atoms in total. The van der Waals surface area contributed by atoms with Crippen LogP contribution < -0.4 is 11.1 Å². The molecule has 0 bridgehead atoms. The number of hydrogen-bond acceptors (Lipinski definition) is 4. The van der Waals surface area contributed by atoms with Gasteiger partial charge in [-0.05, 0) is 47.0 Å². The Morgan fingerprint density at radius 2 is 2.22 bits per heavy atom. The van der Waals surface area contributed by atoms with Crippen LogP contribution in [0.4, 0.5) is 4.79 Å². The summed E-state index contributed by atoms with van der Waals surface area (Å²) in [7, 11) is 0. The molecule has 0 aromatic carbocycles. The van der Waals surface area contributed by atoms with Crippen molar-refractivity contribution in [1.29, 1.82) is 0 Å². The minimum absolute atomic E-state index is 0.128. The Morgan fingerprint density at radius 3 is 2.67 bits per heavy atom. The van der Waals surface area contributed by atoms with Gasteiger partial charge in [-0.25, -0.2) is 4.79 Å². The summed E-state index contributed by atoms with van der Waals surface area (Å²) < 4.78 is 10.7. The Hall–Kier alpha value is -0.810. The van der Waals surface area contributed by atoms with Crippen molar-refractivity contribution < 1.29 is 14.3 Å². The summed E-state index contributed by atoms with van der Waals surface area (Å²) >= 11 is 0. The maximum atomic E-state index is 11.8. The fourth-order valence-electron chi connectivity index (χ4n) is 1.99. The first-order valence-electron chi connectivity index (χ1n) is 6.57. The van der Waals surface area contributed by atoms with Crippen molar-refractivity contribution in [2.75, 3.05) is 13.2 Å². The average Bonchev–Trinajstić information content (AvgIpc) is 2.61. The number of alkyl carbamates (subject to hydrolysis) is 1. The lowest BCUT2D eigenvalue weighted by Crippen LogP contribution is -2.51. The van der Waals surface area contributed by atoms with Gasteiger partial charge in [0.2, 0.25) is 0 Å². The lowest BCUT2D eigenvalue weighted by molar-refractivity contribution is 0.0430. The van der Waals surface area contributed by atoms with Crippen LogP contribution in [-0.2, 0) is 9.47 Å². The van der Waals surface area contributed by atoms with E-state index in [0.29, 0.717) is 13.2 Å². The molecule has 18 heavy (non-hydrogen) atoms. The zero-order valence-electron chi connectivity index (χ0n) is 11.9. The largest absolute Gasteiger partial charge is 0.444 e. The molecule has 0 spiro atoms. The Morgan fingerprint density at radius 1 is 1.56 bits per heavy atom. The number of nitrogens with two attached hydrogens (primary N) is 1. The highest BCUT2D eigenvalue weighted by atomic mass is 16.6. The van der Waals surface area contributed by atoms with Crippen LogP contribution in [0.15, 0.2) is 0 Å². The topological polar surface area (TPSA) is 73.6 Å². The van der Waals surface area contributed by atoms with Crippen molar-refractivity contribution in [2.45, 2.75) is 64.1 Å². The first kappa shape index (κ1) is 15.2. The normalized spacial score (nSPS) is 25.8. The SMILES string of the molecule is C[C@@H](N)CCC1(NC(=O)OC(C)(C)C)CCOC1. The third-order valence-corrected chi connectivity index (χ3v) is 2.95. The number of hydrogen-bond donors (Lipinski definition) is 2. The summed E-state index contributed by atoms with van der Waals surface area (Å²) in [6, 6.07) is 0.128. The Bertz CT molecular complexity index is 278. The molecule has 1 aliphatic rings. The number of ether oxygens (including phenoxy) is 2. The third-order valence-electron chi connectivity index (χ3n) is 2.95. The van der Waals surface area contributed by atoms with Crippen LogP contribution >= 0.6 is 0 Å². The van der Waals surface area contributed by atoms with Gasteiger partial charge in [-0.2, -0.15) is 0 Å². The molecule has 3 N–H and O–H groups in total. The van der Waals surface area contributed by atoms with E-state index in [4.69, 9.17) is 15.2 Å². The number of carbonyl (C=O) groups excluding carboxylic acids is 1. The van der Waals surface area contributed by atoms with Crippen molar-refractivity contribution in [3.05, 3.63) is 0 Å². The summed E-state index contributed by atoms with van der Waals surface area (Å²) in [5.41, 5.74) is 4.99. The first-order valence-corrected chi connectivity index (χ1v) is 6.57. The molecule has 106 valence electrons. The third kappa shape index (κ3) is 5.23. The molecular formula is C13H26N2O3. The summed E-state index contributed by atoms with van der Waals surface area (Å²) in [5, 5.41) is 2.96. The molecule has 0 aromatic heterocycles. The molecule has 2 atom stereocenters. The van der Waals surface area contributed by atoms with Gasteiger partial charge in [-0.3, -0.25) is 0 Å². The second-order valence-electron chi connectivity index (χ2n) is 6.23. The van der Waals surface area contributed by atoms with Gasteiger partial charge in [0.05, 0.1) is 12.1 Å². The molecule has 0 radical (unpaired) electrons. The number of nitrogens with one attached hydrogen (secondary N) is 1. The van der Waals surface area contributed by atoms with E-state index in [1.165, 1.54) is 0 Å². The quantitative estimate of drug-likeness (QED) is 0.806. The van der Waals surface area contributed by atoms with Gasteiger partial charge in [-0.15, -0.1) is 0 Å². The molecule has 1 rings (SSSR count). The molecule has 1 amide bonds. The lowest BCUT2D eigenvalue weighted by Gasteiger charge is -2.31. The highest BCUT2D eigenvalue weighted by Crippen LogP contribution is 2.25. The van der Waals surface area contributed by atoms with E-state index in [1.807, 2.05) is 27.7 Å². The van der Waals surface area contributed by atoms with E-state index in [2.05, 4.69) is 5.32 Å². The molecule has 1 unspecified atom stereocenters. The number of carbonyl (C=O) groups is 1. The molecule has 1 aliphatic heterocycles. The minimum atomic E-state index is -0.480. The summed E-state index contributed by atoms with van der Waals surface area (Å²) in [6.45, 7) is 8.75. The Kier molecular flexibility index (Phi) is 4.99. The number of amides is 1. The fourth-order valence-corrected chi connectivity index (χ4v) is 1.99. The standard InChI is InChI=1S/C13H26N2O3/c1-10(14)5-6-13(7-8-17-9-13)15-11(16)18-12(2,3)4/h10H,5-9,14H2,1-4H3,(H,15,16)/t10-,13?/m1/s1. The van der Waals surface area contributed by atoms with Gasteiger partial charge in [-0.1, -0.05) is 0 Å². The number of rotatable bonds is 4. The fraction of sp³-hybridized carbons (Fsp3) is 0.923. The first-order chi connectivity index (χ1) is 8.22. The van der Waals surface area contributed by atoms with Crippen molar-refractivity contribution >= 4 is 6.09 Å². The maximum Gasteiger partial charge on any atom is 0.408 e. The van der Waals surface area contributed by atoms with E-state index in [-0.39, 0.29) is 17.7 Å². The highest BCUT2D eigenvalue weighted by Gasteiger charge is 2.37. The molecule has 5 heteroatoms. The zero-order chi connectivity index (χ0) is 13.8. The zero-order valence-corrected chi connectivity index (χ0v) is 11.9. The van der Waals surface area contributed by atoms with Gasteiger partial charge in [0.1, 0.15) is 5.60 Å². The van der Waals surface area contributed by atoms with Gasteiger partial charge in [0.25, 0.3) is 0 Å². The summed E-state index contributed by atoms with van der Waals surface area (Å²) in [4.78, 5) is 11.8. The van der Waals surface area contributed by atoms with Crippen LogP contribution in [0.3, 0.4) is 0 Å². The molecular weight excluding hydrogens is 232 g/mol. The van der Waals surface area contributed by atoms with Crippen LogP contribution in [0.25, 0.3) is 0 Å². The van der Waals surface area contributed by atoms with Crippen molar-refractivity contribution in [2.24, 2.45) is 5.73 Å². The van der Waals surface area contributed by atoms with Gasteiger partial charge in [0.15, 0.2) is 0 Å². The van der Waals surface area contributed by atoms with E-state index in [0.717, 1.165) is 19.3 Å². The van der Waals surface area contributed by atoms with Crippen LogP contribution in [0.5, 0.6) is 0 Å². The van der Waals surface area contributed by atoms with Crippen LogP contribution in [-0.4, -0.2) is 36.5 Å². The molecule has 1 saturated heterocycles. The van der Waals surface area contributed by atoms with E-state index < -0.39 is 5.60 Å². The van der Waals surface area contributed by atoms with Gasteiger partial charge >= 0.3 is 6.09 Å². The van der Waals surface area contributed by atoms with Crippen LogP contribution in [0, 0.1) is 0 Å². The van der Waals surface area contributed by atoms with Crippen LogP contribution in [0.1, 0.15) is 47.0 Å². The molecule has 1 heterocycles. The molecule has 0 aromatic rings. The second-order valence-corrected chi connectivity index (χ2v) is 6.23. The van der Waals surface area contributed by atoms with Gasteiger partial charge < -0.3 is 20.5 Å².